The quantitative estimate of drug-likeness (QED) is 0.234. The molecule has 1 saturated heterocycles. The number of aromatic nitrogens is 2. The zero-order chi connectivity index (χ0) is 27.7. The highest BCUT2D eigenvalue weighted by Crippen LogP contribution is 2.40. The summed E-state index contributed by atoms with van der Waals surface area (Å²) in [6.45, 7) is -0.650. The highest BCUT2D eigenvalue weighted by Gasteiger charge is 2.45. The van der Waals surface area contributed by atoms with Crippen molar-refractivity contribution in [2.75, 3.05) is 35.0 Å². The number of carbonyl (C=O) groups excluding carboxylic acids is 1. The number of aliphatic hydroxyl groups excluding tert-OH is 4. The van der Waals surface area contributed by atoms with E-state index in [4.69, 9.17) is 30.1 Å². The summed E-state index contributed by atoms with van der Waals surface area (Å²) in [6, 6.07) is 6.08. The summed E-state index contributed by atoms with van der Waals surface area (Å²) in [5.74, 6) is 3.05. The first-order valence-electron chi connectivity index (χ1n) is 11.5. The van der Waals surface area contributed by atoms with Crippen LogP contribution in [0.1, 0.15) is 27.8 Å². The molecule has 0 spiro atoms. The van der Waals surface area contributed by atoms with Crippen molar-refractivity contribution >= 4 is 16.7 Å². The third-order valence-corrected chi connectivity index (χ3v) is 6.45. The molecule has 2 aromatic carbocycles. The molecule has 38 heavy (non-hydrogen) atoms. The molecule has 2 unspecified atom stereocenters. The van der Waals surface area contributed by atoms with Crippen molar-refractivity contribution in [2.24, 2.45) is 0 Å². The fourth-order valence-corrected chi connectivity index (χ4v) is 4.51. The maximum Gasteiger partial charge on any atom is 0.214 e. The van der Waals surface area contributed by atoms with Crippen molar-refractivity contribution in [3.8, 4) is 35.3 Å². The molecule has 4 rings (SSSR count). The van der Waals surface area contributed by atoms with Crippen LogP contribution in [0.15, 0.2) is 24.3 Å². The van der Waals surface area contributed by atoms with E-state index in [-0.39, 0.29) is 39.6 Å². The predicted octanol–water partition coefficient (Wildman–Crippen LogP) is 0.255. The third kappa shape index (κ3) is 4.30. The van der Waals surface area contributed by atoms with Crippen LogP contribution in [0.25, 0.3) is 10.9 Å². The molecular formula is C26H28N2O10. The number of benzene rings is 2. The minimum Gasteiger partial charge on any atom is -0.495 e. The lowest BCUT2D eigenvalue weighted by Gasteiger charge is -2.40. The number of ketones is 1. The zero-order valence-electron chi connectivity index (χ0n) is 21.1. The molecule has 5 atom stereocenters. The Kier molecular flexibility index (Phi) is 7.77. The molecule has 4 N–H and O–H groups in total. The third-order valence-electron chi connectivity index (χ3n) is 6.45. The van der Waals surface area contributed by atoms with E-state index in [1.54, 1.807) is 12.1 Å². The molecular weight excluding hydrogens is 500 g/mol. The van der Waals surface area contributed by atoms with E-state index >= 15 is 0 Å². The highest BCUT2D eigenvalue weighted by atomic mass is 16.6. The predicted molar refractivity (Wildman–Crippen MR) is 133 cm³/mol. The van der Waals surface area contributed by atoms with Gasteiger partial charge in [0.2, 0.25) is 11.5 Å². The van der Waals surface area contributed by atoms with Gasteiger partial charge in [0, 0.05) is 10.9 Å². The molecule has 0 radical (unpaired) electrons. The van der Waals surface area contributed by atoms with Gasteiger partial charge in [-0.05, 0) is 24.3 Å². The standard InChI is InChI=1S/C26H28N2O10/c1-6-13-15(34-2)8-7-14-19(21(30)12-9-16(35-3)25(37-5)17(10-12)36-4)27-28(20(13)14)26-24(33)23(32)22(31)18(11-29)38-26/h1,7-10,18,22-24,26,29,31-33H,11H2,2-5H3/t18?,22-,23+,24?,26-/m1/s1. The van der Waals surface area contributed by atoms with Crippen LogP contribution in [0.3, 0.4) is 0 Å². The lowest BCUT2D eigenvalue weighted by molar-refractivity contribution is -0.252. The molecule has 12 heteroatoms. The normalized spacial score (nSPS) is 23.1. The zero-order valence-corrected chi connectivity index (χ0v) is 21.1. The number of hydrogen-bond acceptors (Lipinski definition) is 11. The van der Waals surface area contributed by atoms with E-state index in [1.165, 1.54) is 40.6 Å². The number of methoxy groups -OCH3 is 4. The van der Waals surface area contributed by atoms with Crippen LogP contribution in [0.5, 0.6) is 23.0 Å². The Morgan fingerprint density at radius 2 is 1.63 bits per heavy atom. The van der Waals surface area contributed by atoms with E-state index in [0.29, 0.717) is 11.1 Å². The summed E-state index contributed by atoms with van der Waals surface area (Å²) in [7, 11) is 5.69. The molecule has 12 nitrogen and oxygen atoms in total. The SMILES string of the molecule is C#Cc1c(OC)ccc2c(C(=O)c3cc(OC)c(OC)c(OC)c3)nn([C@@H]3OC(CO)[C@@H](O)[C@H](O)C3O)c12. The van der Waals surface area contributed by atoms with Crippen LogP contribution in [0.4, 0.5) is 0 Å². The Hall–Kier alpha value is -3.86. The number of carbonyl (C=O) groups is 1. The molecule has 1 aliphatic rings. The van der Waals surface area contributed by atoms with Crippen molar-refractivity contribution in [3.63, 3.8) is 0 Å². The molecule has 0 saturated carbocycles. The number of terminal acetylenes is 1. The Balaban J connectivity index is 1.96. The largest absolute Gasteiger partial charge is 0.495 e. The Labute approximate surface area is 217 Å². The molecule has 1 aromatic heterocycles. The molecule has 2 heterocycles. The van der Waals surface area contributed by atoms with Gasteiger partial charge in [-0.2, -0.15) is 5.10 Å². The van der Waals surface area contributed by atoms with Gasteiger partial charge < -0.3 is 44.1 Å². The average molecular weight is 529 g/mol. The van der Waals surface area contributed by atoms with Crippen molar-refractivity contribution in [3.05, 3.63) is 41.1 Å². The minimum atomic E-state index is -1.68. The van der Waals surface area contributed by atoms with E-state index in [2.05, 4.69) is 11.0 Å². The number of ether oxygens (including phenoxy) is 5. The molecule has 0 amide bonds. The Bertz CT molecular complexity index is 1370. The summed E-state index contributed by atoms with van der Waals surface area (Å²) < 4.78 is 28.3. The van der Waals surface area contributed by atoms with Crippen LogP contribution >= 0.6 is 0 Å². The van der Waals surface area contributed by atoms with Crippen molar-refractivity contribution < 1.29 is 48.9 Å². The summed E-state index contributed by atoms with van der Waals surface area (Å²) >= 11 is 0. The van der Waals surface area contributed by atoms with Gasteiger partial charge in [-0.25, -0.2) is 4.68 Å². The topological polar surface area (TPSA) is 162 Å². The molecule has 1 fully saturated rings. The van der Waals surface area contributed by atoms with E-state index in [9.17, 15) is 25.2 Å². The van der Waals surface area contributed by atoms with Gasteiger partial charge in [0.1, 0.15) is 35.9 Å². The van der Waals surface area contributed by atoms with E-state index < -0.39 is 43.0 Å². The second-order valence-electron chi connectivity index (χ2n) is 8.44. The number of fused-ring (bicyclic) bond motifs is 1. The van der Waals surface area contributed by atoms with Crippen molar-refractivity contribution in [1.82, 2.24) is 9.78 Å². The van der Waals surface area contributed by atoms with Crippen LogP contribution in [0.2, 0.25) is 0 Å². The fourth-order valence-electron chi connectivity index (χ4n) is 4.51. The second kappa shape index (κ2) is 10.9. The monoisotopic (exact) mass is 528 g/mol. The fraction of sp³-hybridized carbons (Fsp3) is 0.385. The molecule has 0 aliphatic carbocycles. The summed E-state index contributed by atoms with van der Waals surface area (Å²) in [6.07, 6.45) is -1.79. The number of hydrogen-bond donors (Lipinski definition) is 4. The summed E-state index contributed by atoms with van der Waals surface area (Å²) in [4.78, 5) is 13.8. The van der Waals surface area contributed by atoms with Gasteiger partial charge in [0.05, 0.1) is 46.1 Å². The lowest BCUT2D eigenvalue weighted by Crippen LogP contribution is -2.56. The first kappa shape index (κ1) is 27.2. The molecule has 0 bridgehead atoms. The van der Waals surface area contributed by atoms with Crippen LogP contribution in [0, 0.1) is 12.3 Å². The minimum absolute atomic E-state index is 0.0645. The van der Waals surface area contributed by atoms with Gasteiger partial charge >= 0.3 is 0 Å². The van der Waals surface area contributed by atoms with Gasteiger partial charge in [0.25, 0.3) is 0 Å². The molecule has 3 aromatic rings. The van der Waals surface area contributed by atoms with Gasteiger partial charge in [-0.3, -0.25) is 4.79 Å². The van der Waals surface area contributed by atoms with Gasteiger partial charge in [0.15, 0.2) is 17.7 Å². The Morgan fingerprint density at radius 3 is 2.16 bits per heavy atom. The average Bonchev–Trinajstić information content (AvgIpc) is 3.33. The summed E-state index contributed by atoms with van der Waals surface area (Å²) in [5.41, 5.74) is 0.494. The highest BCUT2D eigenvalue weighted by molar-refractivity contribution is 6.16. The molecule has 1 aliphatic heterocycles. The second-order valence-corrected chi connectivity index (χ2v) is 8.44. The first-order chi connectivity index (χ1) is 18.3. The van der Waals surface area contributed by atoms with Gasteiger partial charge in [-0.15, -0.1) is 6.42 Å². The maximum atomic E-state index is 13.8. The number of aliphatic hydroxyl groups is 4. The van der Waals surface area contributed by atoms with Crippen molar-refractivity contribution in [2.45, 2.75) is 30.6 Å². The molecule has 202 valence electrons. The van der Waals surface area contributed by atoms with E-state index in [0.717, 1.165) is 4.68 Å². The summed E-state index contributed by atoms with van der Waals surface area (Å²) in [5, 5.41) is 45.8. The van der Waals surface area contributed by atoms with Crippen LogP contribution < -0.4 is 18.9 Å². The van der Waals surface area contributed by atoms with Gasteiger partial charge in [-0.1, -0.05) is 5.92 Å². The first-order valence-corrected chi connectivity index (χ1v) is 11.5. The Morgan fingerprint density at radius 1 is 1.00 bits per heavy atom. The lowest BCUT2D eigenvalue weighted by atomic mass is 9.98. The smallest absolute Gasteiger partial charge is 0.214 e. The maximum absolute atomic E-state index is 13.8. The van der Waals surface area contributed by atoms with Crippen LogP contribution in [-0.4, -0.2) is 95.5 Å². The number of rotatable bonds is 8. The van der Waals surface area contributed by atoms with Crippen LogP contribution in [-0.2, 0) is 4.74 Å². The van der Waals surface area contributed by atoms with E-state index in [1.807, 2.05) is 0 Å². The van der Waals surface area contributed by atoms with Crippen molar-refractivity contribution in [1.29, 1.82) is 0 Å². The number of nitrogens with zero attached hydrogens (tertiary/aromatic N) is 2.